The molecule has 0 spiro atoms. The van der Waals surface area contributed by atoms with Crippen LogP contribution in [0.2, 0.25) is 5.02 Å². The lowest BCUT2D eigenvalue weighted by Gasteiger charge is -2.11. The molecule has 0 aliphatic heterocycles. The molecule has 0 saturated carbocycles. The normalized spacial score (nSPS) is 10.3. The highest BCUT2D eigenvalue weighted by Gasteiger charge is 2.11. The second kappa shape index (κ2) is 5.86. The first kappa shape index (κ1) is 14.2. The number of thiocarbonyl (C=S) groups is 1. The average molecular weight is 361 g/mol. The molecule has 0 unspecified atom stereocenters. The predicted molar refractivity (Wildman–Crippen MR) is 81.5 cm³/mol. The van der Waals surface area contributed by atoms with Gasteiger partial charge in [0.25, 0.3) is 0 Å². The van der Waals surface area contributed by atoms with Gasteiger partial charge >= 0.3 is 0 Å². The Morgan fingerprint density at radius 1 is 1.21 bits per heavy atom. The van der Waals surface area contributed by atoms with Crippen LogP contribution in [0.15, 0.2) is 40.9 Å². The molecule has 19 heavy (non-hydrogen) atoms. The molecule has 2 N–H and O–H groups in total. The van der Waals surface area contributed by atoms with Crippen LogP contribution in [-0.4, -0.2) is 4.99 Å². The lowest BCUT2D eigenvalue weighted by atomic mass is 10.2. The molecule has 0 atom stereocenters. The largest absolute Gasteiger partial charge is 0.455 e. The highest BCUT2D eigenvalue weighted by atomic mass is 79.9. The quantitative estimate of drug-likeness (QED) is 0.808. The number of ether oxygens (including phenoxy) is 1. The summed E-state index contributed by atoms with van der Waals surface area (Å²) in [6.45, 7) is 0. The Balaban J connectivity index is 2.40. The Hall–Kier alpha value is -1.17. The van der Waals surface area contributed by atoms with Crippen molar-refractivity contribution in [1.29, 1.82) is 0 Å². The van der Waals surface area contributed by atoms with E-state index in [1.165, 1.54) is 18.2 Å². The molecule has 0 aromatic heterocycles. The van der Waals surface area contributed by atoms with Crippen molar-refractivity contribution < 1.29 is 9.13 Å². The third kappa shape index (κ3) is 3.43. The van der Waals surface area contributed by atoms with Crippen LogP contribution < -0.4 is 10.5 Å². The van der Waals surface area contributed by atoms with E-state index in [4.69, 9.17) is 34.3 Å². The maximum atomic E-state index is 13.0. The molecule has 0 heterocycles. The average Bonchev–Trinajstić information content (AvgIpc) is 2.34. The zero-order valence-corrected chi connectivity index (χ0v) is 12.7. The van der Waals surface area contributed by atoms with Crippen molar-refractivity contribution in [2.75, 3.05) is 0 Å². The number of hydrogen-bond donors (Lipinski definition) is 1. The Kier molecular flexibility index (Phi) is 4.39. The second-order valence-electron chi connectivity index (χ2n) is 3.68. The zero-order chi connectivity index (χ0) is 14.0. The van der Waals surface area contributed by atoms with Crippen LogP contribution in [0.4, 0.5) is 4.39 Å². The molecule has 2 aromatic rings. The van der Waals surface area contributed by atoms with Crippen LogP contribution in [0.5, 0.6) is 11.5 Å². The molecule has 0 aliphatic carbocycles. The SMILES string of the molecule is NC(=S)c1cc(Br)ccc1Oc1ccc(F)cc1Cl. The fraction of sp³-hybridized carbons (Fsp3) is 0. The van der Waals surface area contributed by atoms with Gasteiger partial charge in [0, 0.05) is 4.47 Å². The van der Waals surface area contributed by atoms with Crippen LogP contribution in [0.25, 0.3) is 0 Å². The maximum absolute atomic E-state index is 13.0. The Morgan fingerprint density at radius 3 is 2.53 bits per heavy atom. The van der Waals surface area contributed by atoms with Gasteiger partial charge in [0.15, 0.2) is 0 Å². The summed E-state index contributed by atoms with van der Waals surface area (Å²) in [5.74, 6) is 0.370. The van der Waals surface area contributed by atoms with Crippen LogP contribution in [0.1, 0.15) is 5.56 Å². The van der Waals surface area contributed by atoms with Gasteiger partial charge in [-0.15, -0.1) is 0 Å². The molecule has 2 nitrogen and oxygen atoms in total. The van der Waals surface area contributed by atoms with Crippen LogP contribution >= 0.6 is 39.7 Å². The van der Waals surface area contributed by atoms with E-state index in [0.29, 0.717) is 17.1 Å². The van der Waals surface area contributed by atoms with Crippen molar-refractivity contribution in [3.05, 3.63) is 57.3 Å². The van der Waals surface area contributed by atoms with Crippen molar-refractivity contribution in [3.8, 4) is 11.5 Å². The van der Waals surface area contributed by atoms with E-state index >= 15 is 0 Å². The molecule has 0 radical (unpaired) electrons. The molecular weight excluding hydrogens is 353 g/mol. The highest BCUT2D eigenvalue weighted by Crippen LogP contribution is 2.32. The summed E-state index contributed by atoms with van der Waals surface area (Å²) in [5, 5.41) is 0.178. The Labute approximate surface area is 128 Å². The van der Waals surface area contributed by atoms with Crippen molar-refractivity contribution in [2.24, 2.45) is 5.73 Å². The van der Waals surface area contributed by atoms with Crippen LogP contribution in [-0.2, 0) is 0 Å². The van der Waals surface area contributed by atoms with Gasteiger partial charge in [0.05, 0.1) is 10.6 Å². The van der Waals surface area contributed by atoms with Crippen molar-refractivity contribution >= 4 is 44.7 Å². The van der Waals surface area contributed by atoms with Gasteiger partial charge in [0.1, 0.15) is 22.3 Å². The Morgan fingerprint density at radius 2 is 1.89 bits per heavy atom. The number of benzene rings is 2. The first-order valence-corrected chi connectivity index (χ1v) is 6.77. The van der Waals surface area contributed by atoms with Gasteiger partial charge < -0.3 is 10.5 Å². The third-order valence-electron chi connectivity index (χ3n) is 2.32. The minimum absolute atomic E-state index is 0.178. The van der Waals surface area contributed by atoms with Crippen molar-refractivity contribution in [1.82, 2.24) is 0 Å². The predicted octanol–water partition coefficient (Wildman–Crippen LogP) is 4.67. The van der Waals surface area contributed by atoms with Crippen molar-refractivity contribution in [2.45, 2.75) is 0 Å². The zero-order valence-electron chi connectivity index (χ0n) is 9.49. The van der Waals surface area contributed by atoms with Gasteiger partial charge in [-0.25, -0.2) is 4.39 Å². The number of halogens is 3. The van der Waals surface area contributed by atoms with Crippen LogP contribution in [0, 0.1) is 5.82 Å². The van der Waals surface area contributed by atoms with E-state index in [1.807, 2.05) is 0 Å². The van der Waals surface area contributed by atoms with Gasteiger partial charge in [0.2, 0.25) is 0 Å². The molecule has 2 aromatic carbocycles. The van der Waals surface area contributed by atoms with E-state index in [-0.39, 0.29) is 10.0 Å². The number of rotatable bonds is 3. The summed E-state index contributed by atoms with van der Waals surface area (Å²) in [4.78, 5) is 0.203. The summed E-state index contributed by atoms with van der Waals surface area (Å²) in [6.07, 6.45) is 0. The van der Waals surface area contributed by atoms with Crippen LogP contribution in [0.3, 0.4) is 0 Å². The lowest BCUT2D eigenvalue weighted by molar-refractivity contribution is 0.480. The second-order valence-corrected chi connectivity index (χ2v) is 5.44. The van der Waals surface area contributed by atoms with E-state index in [1.54, 1.807) is 18.2 Å². The van der Waals surface area contributed by atoms with E-state index in [9.17, 15) is 4.39 Å². The molecule has 0 bridgehead atoms. The van der Waals surface area contributed by atoms with Crippen molar-refractivity contribution in [3.63, 3.8) is 0 Å². The molecule has 6 heteroatoms. The molecule has 98 valence electrons. The Bertz CT molecular complexity index is 651. The summed E-state index contributed by atoms with van der Waals surface area (Å²) >= 11 is 14.2. The maximum Gasteiger partial charge on any atom is 0.146 e. The van der Waals surface area contributed by atoms with Gasteiger partial charge in [-0.3, -0.25) is 0 Å². The molecule has 0 fully saturated rings. The summed E-state index contributed by atoms with van der Waals surface area (Å²) in [6, 6.07) is 9.13. The topological polar surface area (TPSA) is 35.2 Å². The minimum Gasteiger partial charge on any atom is -0.455 e. The fourth-order valence-corrected chi connectivity index (χ4v) is 2.19. The highest BCUT2D eigenvalue weighted by molar-refractivity contribution is 9.10. The van der Waals surface area contributed by atoms with E-state index in [2.05, 4.69) is 15.9 Å². The summed E-state index contributed by atoms with van der Waals surface area (Å²) in [5.41, 5.74) is 6.21. The van der Waals surface area contributed by atoms with E-state index in [0.717, 1.165) is 4.47 Å². The molecule has 0 amide bonds. The standard InChI is InChI=1S/C13H8BrClFNOS/c14-7-1-3-11(9(5-7)13(17)19)18-12-4-2-8(16)6-10(12)15/h1-6H,(H2,17,19). The third-order valence-corrected chi connectivity index (χ3v) is 3.33. The monoisotopic (exact) mass is 359 g/mol. The number of nitrogens with two attached hydrogens (primary N) is 1. The molecule has 0 aliphatic rings. The van der Waals surface area contributed by atoms with Gasteiger partial charge in [-0.1, -0.05) is 39.7 Å². The first-order valence-electron chi connectivity index (χ1n) is 5.19. The van der Waals surface area contributed by atoms with Gasteiger partial charge in [-0.2, -0.15) is 0 Å². The summed E-state index contributed by atoms with van der Waals surface area (Å²) in [7, 11) is 0. The minimum atomic E-state index is -0.428. The molecular formula is C13H8BrClFNOS. The fourth-order valence-electron chi connectivity index (χ4n) is 1.46. The number of hydrogen-bond acceptors (Lipinski definition) is 2. The van der Waals surface area contributed by atoms with Gasteiger partial charge in [-0.05, 0) is 36.4 Å². The summed E-state index contributed by atoms with van der Waals surface area (Å²) < 4.78 is 19.4. The lowest BCUT2D eigenvalue weighted by Crippen LogP contribution is -2.10. The smallest absolute Gasteiger partial charge is 0.146 e. The first-order chi connectivity index (χ1) is 8.97. The molecule has 0 saturated heterocycles. The van der Waals surface area contributed by atoms with E-state index < -0.39 is 5.82 Å². The molecule has 2 rings (SSSR count).